The molecule has 0 saturated carbocycles. The Kier molecular flexibility index (Phi) is 2.32. The predicted octanol–water partition coefficient (Wildman–Crippen LogP) is -0.998. The highest BCUT2D eigenvalue weighted by molar-refractivity contribution is 6.62. The van der Waals surface area contributed by atoms with Crippen LogP contribution < -0.4 is 11.1 Å². The second-order valence-corrected chi connectivity index (χ2v) is 2.05. The van der Waals surface area contributed by atoms with E-state index in [2.05, 4.69) is 20.3 Å². The van der Waals surface area contributed by atoms with E-state index in [-0.39, 0.29) is 6.29 Å². The fourth-order valence-electron chi connectivity index (χ4n) is 0.806. The van der Waals surface area contributed by atoms with E-state index in [1.807, 2.05) is 0 Å². The predicted molar refractivity (Wildman–Crippen MR) is 46.3 cm³/mol. The van der Waals surface area contributed by atoms with Crippen molar-refractivity contribution in [1.29, 1.82) is 0 Å². The molecule has 0 aromatic carbocycles. The first-order chi connectivity index (χ1) is 5.27. The van der Waals surface area contributed by atoms with E-state index in [0.717, 1.165) is 5.71 Å². The van der Waals surface area contributed by atoms with E-state index in [9.17, 15) is 0 Å². The molecule has 11 heavy (non-hydrogen) atoms. The first-order valence-corrected chi connectivity index (χ1v) is 3.27. The van der Waals surface area contributed by atoms with Crippen molar-refractivity contribution < 1.29 is 0 Å². The van der Waals surface area contributed by atoms with Gasteiger partial charge in [0, 0.05) is 14.1 Å². The summed E-state index contributed by atoms with van der Waals surface area (Å²) in [5.74, 6) is 0.690. The lowest BCUT2D eigenvalue weighted by molar-refractivity contribution is 0.670. The van der Waals surface area contributed by atoms with Crippen molar-refractivity contribution in [3.8, 4) is 0 Å². The molecule has 1 aliphatic rings. The summed E-state index contributed by atoms with van der Waals surface area (Å²) in [5, 5.41) is 2.87. The minimum atomic E-state index is -0.390. The number of hydrogen-bond donors (Lipinski definition) is 2. The van der Waals surface area contributed by atoms with Crippen molar-refractivity contribution in [2.75, 3.05) is 14.1 Å². The number of nitrogens with two attached hydrogens (primary N) is 1. The fraction of sp³-hybridized carbons (Fsp3) is 0.500. The molecule has 0 radical (unpaired) electrons. The summed E-state index contributed by atoms with van der Waals surface area (Å²) in [6, 6.07) is 0. The largest absolute Gasteiger partial charge is 0.335 e. The Balaban J connectivity index is 2.90. The molecule has 0 aromatic heterocycles. The standard InChI is InChI=1S/C6H11N5/c1-8-4-3-10-6(7)11-5(4)9-2/h3,6H,7H2,1-2H3,(H,9,11). The molecule has 0 aliphatic carbocycles. The van der Waals surface area contributed by atoms with Crippen LogP contribution in [0, 0.1) is 0 Å². The van der Waals surface area contributed by atoms with Crippen LogP contribution in [0.25, 0.3) is 0 Å². The number of rotatable bonds is 0. The smallest absolute Gasteiger partial charge is 0.172 e. The lowest BCUT2D eigenvalue weighted by Crippen LogP contribution is -2.47. The number of nitrogens with one attached hydrogen (secondary N) is 1. The maximum atomic E-state index is 5.47. The van der Waals surface area contributed by atoms with E-state index >= 15 is 0 Å². The van der Waals surface area contributed by atoms with E-state index in [1.165, 1.54) is 0 Å². The topological polar surface area (TPSA) is 75.1 Å². The molecule has 5 nitrogen and oxygen atoms in total. The molecule has 0 bridgehead atoms. The van der Waals surface area contributed by atoms with Crippen LogP contribution in [0.5, 0.6) is 0 Å². The van der Waals surface area contributed by atoms with Gasteiger partial charge in [-0.1, -0.05) is 0 Å². The zero-order chi connectivity index (χ0) is 8.27. The summed E-state index contributed by atoms with van der Waals surface area (Å²) < 4.78 is 0. The van der Waals surface area contributed by atoms with Gasteiger partial charge in [-0.15, -0.1) is 0 Å². The summed E-state index contributed by atoms with van der Waals surface area (Å²) in [5.41, 5.74) is 6.20. The number of amidine groups is 1. The van der Waals surface area contributed by atoms with Crippen LogP contribution in [0.15, 0.2) is 15.0 Å². The normalized spacial score (nSPS) is 31.0. The molecule has 0 aromatic rings. The summed E-state index contributed by atoms with van der Waals surface area (Å²) in [7, 11) is 3.37. The zero-order valence-corrected chi connectivity index (χ0v) is 6.57. The van der Waals surface area contributed by atoms with E-state index in [4.69, 9.17) is 5.73 Å². The Morgan fingerprint density at radius 3 is 2.82 bits per heavy atom. The summed E-state index contributed by atoms with van der Waals surface area (Å²) in [4.78, 5) is 11.8. The van der Waals surface area contributed by atoms with Gasteiger partial charge in [0.1, 0.15) is 5.71 Å². The van der Waals surface area contributed by atoms with Gasteiger partial charge in [-0.3, -0.25) is 20.7 Å². The van der Waals surface area contributed by atoms with E-state index < -0.39 is 0 Å². The van der Waals surface area contributed by atoms with Crippen LogP contribution in [0.1, 0.15) is 0 Å². The lowest BCUT2D eigenvalue weighted by Gasteiger charge is -2.16. The number of aliphatic imine (C=N–C) groups is 3. The third-order valence-electron chi connectivity index (χ3n) is 1.35. The van der Waals surface area contributed by atoms with Crippen molar-refractivity contribution in [2.24, 2.45) is 20.7 Å². The maximum Gasteiger partial charge on any atom is 0.172 e. The highest BCUT2D eigenvalue weighted by atomic mass is 15.2. The second-order valence-electron chi connectivity index (χ2n) is 2.05. The molecule has 1 atom stereocenters. The van der Waals surface area contributed by atoms with Crippen LogP contribution >= 0.6 is 0 Å². The van der Waals surface area contributed by atoms with Gasteiger partial charge in [-0.25, -0.2) is 0 Å². The fourth-order valence-corrected chi connectivity index (χ4v) is 0.806. The Labute approximate surface area is 65.1 Å². The van der Waals surface area contributed by atoms with Crippen LogP contribution in [-0.2, 0) is 0 Å². The van der Waals surface area contributed by atoms with Crippen LogP contribution in [-0.4, -0.2) is 38.1 Å². The Morgan fingerprint density at radius 1 is 1.55 bits per heavy atom. The van der Waals surface area contributed by atoms with Gasteiger partial charge in [0.25, 0.3) is 0 Å². The van der Waals surface area contributed by atoms with Crippen LogP contribution in [0.3, 0.4) is 0 Å². The molecule has 60 valence electrons. The summed E-state index contributed by atoms with van der Waals surface area (Å²) >= 11 is 0. The first-order valence-electron chi connectivity index (χ1n) is 3.27. The molecular formula is C6H11N5. The van der Waals surface area contributed by atoms with Gasteiger partial charge in [0.05, 0.1) is 6.21 Å². The summed E-state index contributed by atoms with van der Waals surface area (Å²) in [6.45, 7) is 0. The molecule has 0 saturated heterocycles. The second kappa shape index (κ2) is 3.25. The molecule has 0 amide bonds. The van der Waals surface area contributed by atoms with Gasteiger partial charge >= 0.3 is 0 Å². The molecule has 1 unspecified atom stereocenters. The van der Waals surface area contributed by atoms with Crippen molar-refractivity contribution >= 4 is 17.8 Å². The van der Waals surface area contributed by atoms with Crippen molar-refractivity contribution in [2.45, 2.75) is 6.29 Å². The van der Waals surface area contributed by atoms with Gasteiger partial charge < -0.3 is 5.32 Å². The Morgan fingerprint density at radius 2 is 2.27 bits per heavy atom. The lowest BCUT2D eigenvalue weighted by atomic mass is 10.3. The van der Waals surface area contributed by atoms with Crippen LogP contribution in [0.4, 0.5) is 0 Å². The molecule has 0 fully saturated rings. The van der Waals surface area contributed by atoms with Gasteiger partial charge in [-0.05, 0) is 0 Å². The van der Waals surface area contributed by atoms with Gasteiger partial charge in [0.2, 0.25) is 0 Å². The van der Waals surface area contributed by atoms with Crippen LogP contribution in [0.2, 0.25) is 0 Å². The van der Waals surface area contributed by atoms with E-state index in [1.54, 1.807) is 20.3 Å². The van der Waals surface area contributed by atoms with E-state index in [0.29, 0.717) is 5.84 Å². The first kappa shape index (κ1) is 7.87. The Bertz CT molecular complexity index is 227. The minimum Gasteiger partial charge on any atom is -0.335 e. The average Bonchev–Trinajstić information content (AvgIpc) is 2.04. The molecule has 1 aliphatic heterocycles. The molecule has 3 N–H and O–H groups in total. The van der Waals surface area contributed by atoms with Gasteiger partial charge in [0.15, 0.2) is 12.1 Å². The average molecular weight is 153 g/mol. The molecule has 5 heteroatoms. The quantitative estimate of drug-likeness (QED) is 0.468. The molecule has 0 spiro atoms. The third-order valence-corrected chi connectivity index (χ3v) is 1.35. The summed E-state index contributed by atoms with van der Waals surface area (Å²) in [6.07, 6.45) is 1.22. The van der Waals surface area contributed by atoms with Gasteiger partial charge in [-0.2, -0.15) is 0 Å². The minimum absolute atomic E-state index is 0.390. The molecule has 1 rings (SSSR count). The van der Waals surface area contributed by atoms with Crippen molar-refractivity contribution in [1.82, 2.24) is 5.32 Å². The molecule has 1 heterocycles. The monoisotopic (exact) mass is 153 g/mol. The third kappa shape index (κ3) is 1.62. The number of nitrogens with zero attached hydrogens (tertiary/aromatic N) is 3. The van der Waals surface area contributed by atoms with Crippen molar-refractivity contribution in [3.05, 3.63) is 0 Å². The highest BCUT2D eigenvalue weighted by Crippen LogP contribution is 1.88. The SMILES string of the molecule is CN=C1C=NC(N)NC1=NC. The Hall–Kier alpha value is -1.23. The molecular weight excluding hydrogens is 142 g/mol. The highest BCUT2D eigenvalue weighted by Gasteiger charge is 2.12. The maximum absolute atomic E-state index is 5.47. The number of hydrogen-bond acceptors (Lipinski definition) is 4. The zero-order valence-electron chi connectivity index (χ0n) is 6.57. The van der Waals surface area contributed by atoms with Crippen molar-refractivity contribution in [3.63, 3.8) is 0 Å².